The lowest BCUT2D eigenvalue weighted by Gasteiger charge is -2.28. The first-order valence-corrected chi connectivity index (χ1v) is 9.87. The Morgan fingerprint density at radius 3 is 1.55 bits per heavy atom. The quantitative estimate of drug-likeness (QED) is 0.587. The number of carbonyl (C=O) groups excluding carboxylic acids is 2. The number of aliphatic carboxylic acids is 1. The highest BCUT2D eigenvalue weighted by atomic mass is 16.4. The lowest BCUT2D eigenvalue weighted by Crippen LogP contribution is -2.51. The zero-order chi connectivity index (χ0) is 22.2. The van der Waals surface area contributed by atoms with E-state index in [-0.39, 0.29) is 25.0 Å². The second-order valence-electron chi connectivity index (χ2n) is 7.21. The molecule has 2 N–H and O–H groups in total. The molecule has 0 spiro atoms. The van der Waals surface area contributed by atoms with Gasteiger partial charge in [0.2, 0.25) is 11.8 Å². The third kappa shape index (κ3) is 6.02. The molecule has 0 aromatic heterocycles. The Balaban J connectivity index is 1.90. The summed E-state index contributed by atoms with van der Waals surface area (Å²) in [6.07, 6.45) is -0.224. The molecule has 158 valence electrons. The normalized spacial score (nSPS) is 11.5. The van der Waals surface area contributed by atoms with Gasteiger partial charge in [-0.2, -0.15) is 0 Å². The zero-order valence-corrected chi connectivity index (χ0v) is 16.8. The van der Waals surface area contributed by atoms with Crippen molar-refractivity contribution in [3.8, 4) is 5.75 Å². The minimum atomic E-state index is -1.36. The molecule has 0 aliphatic heterocycles. The summed E-state index contributed by atoms with van der Waals surface area (Å²) in [6, 6.07) is 22.5. The number of phenolic OH excluding ortho intramolecular Hbond substituents is 1. The Kier molecular flexibility index (Phi) is 7.17. The molecule has 0 fully saturated rings. The summed E-state index contributed by atoms with van der Waals surface area (Å²) >= 11 is 0. The van der Waals surface area contributed by atoms with Gasteiger partial charge in [0.05, 0.1) is 12.8 Å². The lowest BCUT2D eigenvalue weighted by atomic mass is 10.0. The molecule has 0 heterocycles. The van der Waals surface area contributed by atoms with Crippen molar-refractivity contribution in [1.82, 2.24) is 4.90 Å². The van der Waals surface area contributed by atoms with Gasteiger partial charge in [-0.05, 0) is 28.8 Å². The largest absolute Gasteiger partial charge is 0.508 e. The van der Waals surface area contributed by atoms with Crippen LogP contribution in [0.1, 0.15) is 16.7 Å². The van der Waals surface area contributed by atoms with Crippen LogP contribution in [0.4, 0.5) is 0 Å². The van der Waals surface area contributed by atoms with E-state index >= 15 is 0 Å². The van der Waals surface area contributed by atoms with Crippen LogP contribution in [-0.2, 0) is 33.6 Å². The molecule has 31 heavy (non-hydrogen) atoms. The van der Waals surface area contributed by atoms with E-state index in [4.69, 9.17) is 0 Å². The van der Waals surface area contributed by atoms with E-state index in [0.717, 1.165) is 4.90 Å². The van der Waals surface area contributed by atoms with Gasteiger partial charge in [0.1, 0.15) is 11.8 Å². The third-order valence-electron chi connectivity index (χ3n) is 4.90. The minimum absolute atomic E-state index is 0.0489. The van der Waals surface area contributed by atoms with Gasteiger partial charge < -0.3 is 10.2 Å². The zero-order valence-electron chi connectivity index (χ0n) is 16.8. The Morgan fingerprint density at radius 2 is 1.13 bits per heavy atom. The van der Waals surface area contributed by atoms with Crippen LogP contribution in [0, 0.1) is 0 Å². The van der Waals surface area contributed by atoms with Crippen molar-refractivity contribution in [2.75, 3.05) is 0 Å². The molecule has 3 aromatic carbocycles. The third-order valence-corrected chi connectivity index (χ3v) is 4.90. The second kappa shape index (κ2) is 10.2. The maximum absolute atomic E-state index is 13.1. The number of phenols is 1. The first-order valence-electron chi connectivity index (χ1n) is 9.87. The maximum atomic E-state index is 13.1. The molecule has 0 saturated carbocycles. The molecule has 3 aromatic rings. The number of benzene rings is 3. The van der Waals surface area contributed by atoms with Crippen molar-refractivity contribution in [3.05, 3.63) is 102 Å². The van der Waals surface area contributed by atoms with Gasteiger partial charge in [-0.25, -0.2) is 4.79 Å². The highest BCUT2D eigenvalue weighted by molar-refractivity contribution is 6.00. The monoisotopic (exact) mass is 417 g/mol. The van der Waals surface area contributed by atoms with Crippen LogP contribution in [0.5, 0.6) is 5.75 Å². The SMILES string of the molecule is O=C(O)[C@H](Cc1ccc(O)cc1)N(C(=O)Cc1ccccc1)C(=O)Cc1ccccc1. The summed E-state index contributed by atoms with van der Waals surface area (Å²) in [6.45, 7) is 0. The van der Waals surface area contributed by atoms with Crippen molar-refractivity contribution in [2.45, 2.75) is 25.3 Å². The van der Waals surface area contributed by atoms with Crippen LogP contribution in [0.25, 0.3) is 0 Å². The number of amides is 2. The Bertz CT molecular complexity index is 979. The van der Waals surface area contributed by atoms with Gasteiger partial charge >= 0.3 is 5.97 Å². The molecule has 2 amide bonds. The van der Waals surface area contributed by atoms with Crippen LogP contribution < -0.4 is 0 Å². The van der Waals surface area contributed by atoms with Gasteiger partial charge in [0, 0.05) is 6.42 Å². The number of carboxylic acids is 1. The van der Waals surface area contributed by atoms with Crippen LogP contribution >= 0.6 is 0 Å². The molecule has 0 aliphatic carbocycles. The van der Waals surface area contributed by atoms with E-state index < -0.39 is 23.8 Å². The highest BCUT2D eigenvalue weighted by Crippen LogP contribution is 2.17. The van der Waals surface area contributed by atoms with E-state index in [1.54, 1.807) is 60.7 Å². The maximum Gasteiger partial charge on any atom is 0.327 e. The topological polar surface area (TPSA) is 94.9 Å². The van der Waals surface area contributed by atoms with E-state index in [9.17, 15) is 24.6 Å². The number of aromatic hydroxyl groups is 1. The number of rotatable bonds is 8. The van der Waals surface area contributed by atoms with Crippen molar-refractivity contribution in [2.24, 2.45) is 0 Å². The summed E-state index contributed by atoms with van der Waals surface area (Å²) in [5.74, 6) is -2.36. The Morgan fingerprint density at radius 1 is 0.677 bits per heavy atom. The standard InChI is InChI=1S/C25H23NO5/c27-21-13-11-20(12-14-21)15-22(25(30)31)26(23(28)16-18-7-3-1-4-8-18)24(29)17-19-9-5-2-6-10-19/h1-14,22,27H,15-17H2,(H,30,31)/t22-/m0/s1. The van der Waals surface area contributed by atoms with E-state index in [0.29, 0.717) is 16.7 Å². The van der Waals surface area contributed by atoms with Gasteiger partial charge in [-0.3, -0.25) is 14.5 Å². The summed E-state index contributed by atoms with van der Waals surface area (Å²) < 4.78 is 0. The lowest BCUT2D eigenvalue weighted by molar-refractivity contribution is -0.157. The summed E-state index contributed by atoms with van der Waals surface area (Å²) in [5, 5.41) is 19.4. The smallest absolute Gasteiger partial charge is 0.327 e. The molecule has 3 rings (SSSR count). The highest BCUT2D eigenvalue weighted by Gasteiger charge is 2.34. The number of hydrogen-bond donors (Lipinski definition) is 2. The molecule has 0 saturated heterocycles. The molecule has 0 radical (unpaired) electrons. The van der Waals surface area contributed by atoms with E-state index in [2.05, 4.69) is 0 Å². The predicted octanol–water partition coefficient (Wildman–Crippen LogP) is 3.23. The van der Waals surface area contributed by atoms with Crippen molar-refractivity contribution >= 4 is 17.8 Å². The fourth-order valence-electron chi connectivity index (χ4n) is 3.34. The molecule has 0 bridgehead atoms. The van der Waals surface area contributed by atoms with E-state index in [1.807, 2.05) is 12.1 Å². The summed E-state index contributed by atoms with van der Waals surface area (Å²) in [5.41, 5.74) is 1.98. The van der Waals surface area contributed by atoms with Gasteiger partial charge in [0.25, 0.3) is 0 Å². The van der Waals surface area contributed by atoms with E-state index in [1.165, 1.54) is 12.1 Å². The summed E-state index contributed by atoms with van der Waals surface area (Å²) in [4.78, 5) is 39.3. The molecule has 1 atom stereocenters. The minimum Gasteiger partial charge on any atom is -0.508 e. The van der Waals surface area contributed by atoms with Crippen LogP contribution in [0.15, 0.2) is 84.9 Å². The predicted molar refractivity (Wildman–Crippen MR) is 115 cm³/mol. The molecular formula is C25H23NO5. The second-order valence-corrected chi connectivity index (χ2v) is 7.21. The first kappa shape index (κ1) is 21.8. The number of nitrogens with zero attached hydrogens (tertiary/aromatic N) is 1. The number of imide groups is 1. The number of hydrogen-bond acceptors (Lipinski definition) is 4. The number of carboxylic acid groups (broad SMARTS) is 1. The average Bonchev–Trinajstić information content (AvgIpc) is 2.76. The molecular weight excluding hydrogens is 394 g/mol. The summed E-state index contributed by atoms with van der Waals surface area (Å²) in [7, 11) is 0. The van der Waals surface area contributed by atoms with Crippen molar-refractivity contribution < 1.29 is 24.6 Å². The first-order chi connectivity index (χ1) is 14.9. The average molecular weight is 417 g/mol. The van der Waals surface area contributed by atoms with Gasteiger partial charge in [-0.15, -0.1) is 0 Å². The van der Waals surface area contributed by atoms with Crippen LogP contribution in [0.3, 0.4) is 0 Å². The molecule has 6 nitrogen and oxygen atoms in total. The van der Waals surface area contributed by atoms with Gasteiger partial charge in [0.15, 0.2) is 0 Å². The molecule has 0 aliphatic rings. The Labute approximate surface area is 180 Å². The fraction of sp³-hybridized carbons (Fsp3) is 0.160. The molecule has 6 heteroatoms. The number of carbonyl (C=O) groups is 3. The van der Waals surface area contributed by atoms with Crippen LogP contribution in [0.2, 0.25) is 0 Å². The molecule has 0 unspecified atom stereocenters. The Hall–Kier alpha value is -3.93. The van der Waals surface area contributed by atoms with Crippen molar-refractivity contribution in [3.63, 3.8) is 0 Å². The van der Waals surface area contributed by atoms with Gasteiger partial charge in [-0.1, -0.05) is 72.8 Å². The van der Waals surface area contributed by atoms with Crippen molar-refractivity contribution in [1.29, 1.82) is 0 Å². The van der Waals surface area contributed by atoms with Crippen LogP contribution in [-0.4, -0.2) is 38.9 Å². The fourth-order valence-corrected chi connectivity index (χ4v) is 3.34.